The van der Waals surface area contributed by atoms with Crippen LogP contribution in [0.1, 0.15) is 10.4 Å². The number of carboxylic acids is 1. The second kappa shape index (κ2) is 8.00. The summed E-state index contributed by atoms with van der Waals surface area (Å²) >= 11 is 0. The van der Waals surface area contributed by atoms with Gasteiger partial charge in [-0.2, -0.15) is 0 Å². The van der Waals surface area contributed by atoms with Gasteiger partial charge in [-0.15, -0.1) is 0 Å². The SMILES string of the molecule is O=C([O-])c1ccccc1.[Cl-].[NH4+].[NH4+]. The number of aromatic carboxylic acids is 1. The molecule has 70 valence electrons. The lowest BCUT2D eigenvalue weighted by Crippen LogP contribution is -3.00. The van der Waals surface area contributed by atoms with E-state index in [4.69, 9.17) is 0 Å². The smallest absolute Gasteiger partial charge is 0.0715 e. The molecule has 0 atom stereocenters. The average molecular weight is 193 g/mol. The first-order chi connectivity index (χ1) is 4.30. The maximum atomic E-state index is 10.1. The number of rotatable bonds is 1. The topological polar surface area (TPSA) is 113 Å². The molecule has 1 aromatic carbocycles. The largest absolute Gasteiger partial charge is 1.00 e. The summed E-state index contributed by atoms with van der Waals surface area (Å²) in [7, 11) is 0. The van der Waals surface area contributed by atoms with E-state index in [1.54, 1.807) is 18.2 Å². The van der Waals surface area contributed by atoms with Crippen molar-refractivity contribution in [2.24, 2.45) is 0 Å². The van der Waals surface area contributed by atoms with Crippen LogP contribution in [0.25, 0.3) is 0 Å². The van der Waals surface area contributed by atoms with E-state index in [9.17, 15) is 9.90 Å². The average Bonchev–Trinajstić information content (AvgIpc) is 1.90. The van der Waals surface area contributed by atoms with Crippen molar-refractivity contribution < 1.29 is 22.3 Å². The Morgan fingerprint density at radius 1 is 1.08 bits per heavy atom. The minimum absolute atomic E-state index is 0. The number of carbonyl (C=O) groups is 1. The lowest BCUT2D eigenvalue weighted by molar-refractivity contribution is -0.255. The number of quaternary nitrogens is 2. The van der Waals surface area contributed by atoms with Gasteiger partial charge in [0, 0.05) is 0 Å². The Hall–Kier alpha value is -1.10. The van der Waals surface area contributed by atoms with Crippen LogP contribution in [-0.4, -0.2) is 5.97 Å². The molecule has 4 nitrogen and oxygen atoms in total. The van der Waals surface area contributed by atoms with Crippen LogP contribution >= 0.6 is 0 Å². The number of benzene rings is 1. The van der Waals surface area contributed by atoms with Crippen LogP contribution in [0.15, 0.2) is 30.3 Å². The summed E-state index contributed by atoms with van der Waals surface area (Å²) in [6.45, 7) is 0. The molecular formula is C7H13ClN2O2. The zero-order valence-corrected chi connectivity index (χ0v) is 7.84. The van der Waals surface area contributed by atoms with E-state index in [2.05, 4.69) is 0 Å². The van der Waals surface area contributed by atoms with E-state index >= 15 is 0 Å². The third-order valence-corrected chi connectivity index (χ3v) is 1.01. The highest BCUT2D eigenvalue weighted by Gasteiger charge is 1.85. The molecule has 8 N–H and O–H groups in total. The summed E-state index contributed by atoms with van der Waals surface area (Å²) in [4.78, 5) is 10.1. The van der Waals surface area contributed by atoms with Crippen molar-refractivity contribution in [1.82, 2.24) is 12.3 Å². The van der Waals surface area contributed by atoms with E-state index in [0.717, 1.165) is 0 Å². The summed E-state index contributed by atoms with van der Waals surface area (Å²) < 4.78 is 0. The van der Waals surface area contributed by atoms with Crippen molar-refractivity contribution in [1.29, 1.82) is 0 Å². The van der Waals surface area contributed by atoms with E-state index in [1.165, 1.54) is 12.1 Å². The highest BCUT2D eigenvalue weighted by Crippen LogP contribution is 1.94. The lowest BCUT2D eigenvalue weighted by atomic mass is 10.2. The molecule has 0 aliphatic carbocycles. The van der Waals surface area contributed by atoms with Crippen LogP contribution in [0.2, 0.25) is 0 Å². The van der Waals surface area contributed by atoms with Gasteiger partial charge in [0.2, 0.25) is 0 Å². The molecule has 0 unspecified atom stereocenters. The van der Waals surface area contributed by atoms with Gasteiger partial charge in [-0.25, -0.2) is 0 Å². The molecule has 0 aliphatic heterocycles. The molecule has 0 amide bonds. The van der Waals surface area contributed by atoms with Crippen LogP contribution in [0.5, 0.6) is 0 Å². The van der Waals surface area contributed by atoms with Gasteiger partial charge in [0.25, 0.3) is 0 Å². The summed E-state index contributed by atoms with van der Waals surface area (Å²) in [5, 5.41) is 10.1. The van der Waals surface area contributed by atoms with E-state index in [0.29, 0.717) is 0 Å². The molecule has 1 aromatic rings. The Bertz CT molecular complexity index is 216. The van der Waals surface area contributed by atoms with Crippen molar-refractivity contribution in [3.63, 3.8) is 0 Å². The Labute approximate surface area is 77.2 Å². The highest BCUT2D eigenvalue weighted by molar-refractivity contribution is 5.85. The first-order valence-electron chi connectivity index (χ1n) is 2.57. The lowest BCUT2D eigenvalue weighted by Gasteiger charge is -1.97. The molecule has 5 heteroatoms. The molecular weight excluding hydrogens is 180 g/mol. The number of hydrogen-bond acceptors (Lipinski definition) is 2. The second-order valence-electron chi connectivity index (χ2n) is 1.65. The fraction of sp³-hybridized carbons (Fsp3) is 0. The van der Waals surface area contributed by atoms with E-state index in [1.807, 2.05) is 0 Å². The minimum Gasteiger partial charge on any atom is -1.00 e. The van der Waals surface area contributed by atoms with Gasteiger partial charge < -0.3 is 34.6 Å². The molecule has 0 aromatic heterocycles. The zero-order chi connectivity index (χ0) is 6.69. The molecule has 0 bridgehead atoms. The number of hydrogen-bond donors (Lipinski definition) is 2. The first-order valence-corrected chi connectivity index (χ1v) is 2.57. The zero-order valence-electron chi connectivity index (χ0n) is 7.08. The first kappa shape index (κ1) is 17.1. The molecule has 0 fully saturated rings. The van der Waals surface area contributed by atoms with Crippen molar-refractivity contribution in [3.05, 3.63) is 35.9 Å². The monoisotopic (exact) mass is 192 g/mol. The van der Waals surface area contributed by atoms with E-state index < -0.39 is 5.97 Å². The quantitative estimate of drug-likeness (QED) is 0.526. The molecule has 0 spiro atoms. The Morgan fingerprint density at radius 2 is 1.50 bits per heavy atom. The van der Waals surface area contributed by atoms with Crippen LogP contribution in [0.4, 0.5) is 0 Å². The summed E-state index contributed by atoms with van der Waals surface area (Å²) in [6, 6.07) is 8.06. The van der Waals surface area contributed by atoms with E-state index in [-0.39, 0.29) is 30.3 Å². The fourth-order valence-corrected chi connectivity index (χ4v) is 0.574. The van der Waals surface area contributed by atoms with Gasteiger partial charge in [0.05, 0.1) is 5.97 Å². The summed E-state index contributed by atoms with van der Waals surface area (Å²) in [5.74, 6) is -1.13. The van der Waals surface area contributed by atoms with Crippen LogP contribution in [0.3, 0.4) is 0 Å². The number of carboxylic acid groups (broad SMARTS) is 1. The molecule has 1 rings (SSSR count). The third-order valence-electron chi connectivity index (χ3n) is 1.01. The standard InChI is InChI=1S/C7H6O2.ClH.2H3N/c8-7(9)6-4-2-1-3-5-6;;;/h1-5H,(H,8,9);1H;2*1H3. The van der Waals surface area contributed by atoms with Crippen LogP contribution < -0.4 is 29.8 Å². The maximum absolute atomic E-state index is 10.1. The Morgan fingerprint density at radius 3 is 1.75 bits per heavy atom. The third kappa shape index (κ3) is 4.68. The van der Waals surface area contributed by atoms with Crippen LogP contribution in [0, 0.1) is 0 Å². The molecule has 0 heterocycles. The maximum Gasteiger partial charge on any atom is 0.0715 e. The minimum atomic E-state index is -1.13. The number of halogens is 1. The van der Waals surface area contributed by atoms with Gasteiger partial charge in [0.1, 0.15) is 0 Å². The Kier molecular flexibility index (Phi) is 11.4. The molecule has 0 saturated carbocycles. The molecule has 0 saturated heterocycles. The van der Waals surface area contributed by atoms with Crippen molar-refractivity contribution in [3.8, 4) is 0 Å². The molecule has 12 heavy (non-hydrogen) atoms. The van der Waals surface area contributed by atoms with Gasteiger partial charge >= 0.3 is 0 Å². The van der Waals surface area contributed by atoms with Crippen molar-refractivity contribution >= 4 is 5.97 Å². The summed E-state index contributed by atoms with van der Waals surface area (Å²) in [5.41, 5.74) is 0.220. The van der Waals surface area contributed by atoms with Gasteiger partial charge in [-0.05, 0) is 5.56 Å². The van der Waals surface area contributed by atoms with Gasteiger partial charge in [-0.1, -0.05) is 30.3 Å². The van der Waals surface area contributed by atoms with Crippen LogP contribution in [-0.2, 0) is 0 Å². The normalized spacial score (nSPS) is 6.67. The number of carbonyl (C=O) groups excluding carboxylic acids is 1. The summed E-state index contributed by atoms with van der Waals surface area (Å²) in [6.07, 6.45) is 0. The van der Waals surface area contributed by atoms with Crippen molar-refractivity contribution in [2.75, 3.05) is 0 Å². The van der Waals surface area contributed by atoms with Gasteiger partial charge in [-0.3, -0.25) is 0 Å². The van der Waals surface area contributed by atoms with Crippen molar-refractivity contribution in [2.45, 2.75) is 0 Å². The predicted molar refractivity (Wildman–Crippen MR) is 42.7 cm³/mol. The molecule has 0 aliphatic rings. The second-order valence-corrected chi connectivity index (χ2v) is 1.65. The highest BCUT2D eigenvalue weighted by atomic mass is 35.5. The Balaban J connectivity index is -0.000000270. The van der Waals surface area contributed by atoms with Gasteiger partial charge in [0.15, 0.2) is 0 Å². The fourth-order valence-electron chi connectivity index (χ4n) is 0.574. The predicted octanol–water partition coefficient (Wildman–Crippen LogP) is -2.19. The molecule has 0 radical (unpaired) electrons.